The topological polar surface area (TPSA) is 76.0 Å². The molecular formula is C18H18Cl2N4O2. The minimum absolute atomic E-state index is 0.213. The number of carbonyl (C=O) groups is 2. The van der Waals surface area contributed by atoms with Crippen LogP contribution in [0.5, 0.6) is 0 Å². The van der Waals surface area contributed by atoms with Gasteiger partial charge in [0.05, 0.1) is 16.4 Å². The summed E-state index contributed by atoms with van der Waals surface area (Å²) in [5.74, 6) is -0.283. The van der Waals surface area contributed by atoms with Crippen molar-refractivity contribution in [1.29, 1.82) is 0 Å². The number of hydrogen-bond acceptors (Lipinski definition) is 3. The molecule has 8 heteroatoms. The van der Waals surface area contributed by atoms with Crippen LogP contribution in [0.2, 0.25) is 10.0 Å². The molecule has 1 aliphatic heterocycles. The zero-order valence-electron chi connectivity index (χ0n) is 14.0. The van der Waals surface area contributed by atoms with Gasteiger partial charge in [-0.15, -0.1) is 0 Å². The van der Waals surface area contributed by atoms with Crippen LogP contribution in [0.1, 0.15) is 52.5 Å². The van der Waals surface area contributed by atoms with Crippen LogP contribution in [0, 0.1) is 0 Å². The second-order valence-electron chi connectivity index (χ2n) is 6.67. The fourth-order valence-electron chi connectivity index (χ4n) is 3.15. The maximum Gasteiger partial charge on any atom is 0.287 e. The molecule has 0 saturated heterocycles. The molecule has 2 aromatic rings. The summed E-state index contributed by atoms with van der Waals surface area (Å²) in [6.45, 7) is 0.695. The summed E-state index contributed by atoms with van der Waals surface area (Å²) in [6, 6.07) is 5.10. The van der Waals surface area contributed by atoms with Crippen LogP contribution in [0.15, 0.2) is 18.2 Å². The number of aromatic nitrogens is 2. The number of nitrogens with zero attached hydrogens (tertiary/aromatic N) is 2. The van der Waals surface area contributed by atoms with E-state index >= 15 is 0 Å². The lowest BCUT2D eigenvalue weighted by Gasteiger charge is -2.17. The molecule has 6 nitrogen and oxygen atoms in total. The highest BCUT2D eigenvalue weighted by molar-refractivity contribution is 6.35. The molecule has 0 radical (unpaired) electrons. The van der Waals surface area contributed by atoms with Gasteiger partial charge in [-0.1, -0.05) is 23.2 Å². The van der Waals surface area contributed by atoms with Crippen LogP contribution in [0.3, 0.4) is 0 Å². The van der Waals surface area contributed by atoms with Gasteiger partial charge in [0, 0.05) is 17.6 Å². The standard InChI is InChI=1S/C18H18Cl2N4O2/c19-10-4-7-12(20)13(9-10)22-17(25)15-14-3-1-2-8-24(14)16(23-15)18(26)21-11-5-6-11/h4,7,9,11H,1-3,5-6,8H2,(H,21,26)(H,22,25). The Bertz CT molecular complexity index is 890. The quantitative estimate of drug-likeness (QED) is 0.832. The molecular weight excluding hydrogens is 375 g/mol. The van der Waals surface area contributed by atoms with Gasteiger partial charge in [-0.05, 0) is 50.3 Å². The molecule has 0 atom stereocenters. The summed E-state index contributed by atoms with van der Waals surface area (Å²) >= 11 is 12.1. The van der Waals surface area contributed by atoms with Gasteiger partial charge in [0.15, 0.2) is 11.5 Å². The third-order valence-corrected chi connectivity index (χ3v) is 5.19. The number of imidazole rings is 1. The number of rotatable bonds is 4. The molecule has 2 heterocycles. The summed E-state index contributed by atoms with van der Waals surface area (Å²) in [4.78, 5) is 29.7. The van der Waals surface area contributed by atoms with Gasteiger partial charge < -0.3 is 15.2 Å². The number of fused-ring (bicyclic) bond motifs is 1. The zero-order chi connectivity index (χ0) is 18.3. The van der Waals surface area contributed by atoms with E-state index < -0.39 is 0 Å². The van der Waals surface area contributed by atoms with Gasteiger partial charge in [-0.3, -0.25) is 9.59 Å². The summed E-state index contributed by atoms with van der Waals surface area (Å²) in [6.07, 6.45) is 4.65. The van der Waals surface area contributed by atoms with Crippen molar-refractivity contribution in [3.8, 4) is 0 Å². The fraction of sp³-hybridized carbons (Fsp3) is 0.389. The Morgan fingerprint density at radius 2 is 1.96 bits per heavy atom. The number of amides is 2. The first-order valence-electron chi connectivity index (χ1n) is 8.69. The van der Waals surface area contributed by atoms with Crippen LogP contribution >= 0.6 is 23.2 Å². The first-order valence-corrected chi connectivity index (χ1v) is 9.45. The monoisotopic (exact) mass is 392 g/mol. The number of anilines is 1. The molecule has 1 aliphatic carbocycles. The predicted molar refractivity (Wildman–Crippen MR) is 100 cm³/mol. The van der Waals surface area contributed by atoms with Gasteiger partial charge >= 0.3 is 0 Å². The van der Waals surface area contributed by atoms with Crippen LogP contribution < -0.4 is 10.6 Å². The van der Waals surface area contributed by atoms with Crippen molar-refractivity contribution in [2.75, 3.05) is 5.32 Å². The molecule has 4 rings (SSSR count). The molecule has 0 unspecified atom stereocenters. The van der Waals surface area contributed by atoms with Crippen molar-refractivity contribution in [2.45, 2.75) is 44.7 Å². The highest BCUT2D eigenvalue weighted by Crippen LogP contribution is 2.28. The maximum absolute atomic E-state index is 12.8. The molecule has 1 aromatic heterocycles. The van der Waals surface area contributed by atoms with Crippen LogP contribution in [-0.2, 0) is 13.0 Å². The number of nitrogens with one attached hydrogen (secondary N) is 2. The summed E-state index contributed by atoms with van der Waals surface area (Å²) in [5.41, 5.74) is 1.50. The van der Waals surface area contributed by atoms with E-state index in [9.17, 15) is 9.59 Å². The Hall–Kier alpha value is -2.05. The lowest BCUT2D eigenvalue weighted by atomic mass is 10.1. The van der Waals surface area contributed by atoms with E-state index in [0.717, 1.165) is 37.8 Å². The van der Waals surface area contributed by atoms with E-state index in [2.05, 4.69) is 15.6 Å². The molecule has 2 aliphatic rings. The molecule has 1 fully saturated rings. The third kappa shape index (κ3) is 3.44. The normalized spacial score (nSPS) is 16.1. The minimum atomic E-state index is -0.384. The number of halogens is 2. The predicted octanol–water partition coefficient (Wildman–Crippen LogP) is 3.67. The lowest BCUT2D eigenvalue weighted by Crippen LogP contribution is -2.29. The van der Waals surface area contributed by atoms with Gasteiger partial charge in [0.1, 0.15) is 0 Å². The van der Waals surface area contributed by atoms with Crippen molar-refractivity contribution in [3.63, 3.8) is 0 Å². The van der Waals surface area contributed by atoms with Gasteiger partial charge in [0.2, 0.25) is 0 Å². The maximum atomic E-state index is 12.8. The Morgan fingerprint density at radius 3 is 2.73 bits per heavy atom. The van der Waals surface area contributed by atoms with E-state index in [4.69, 9.17) is 23.2 Å². The van der Waals surface area contributed by atoms with E-state index in [-0.39, 0.29) is 23.6 Å². The molecule has 1 saturated carbocycles. The van der Waals surface area contributed by atoms with Crippen LogP contribution in [0.25, 0.3) is 0 Å². The molecule has 0 spiro atoms. The van der Waals surface area contributed by atoms with E-state index in [1.807, 2.05) is 4.57 Å². The smallest absolute Gasteiger partial charge is 0.287 e. The Labute approximate surface area is 160 Å². The molecule has 136 valence electrons. The number of benzene rings is 1. The Balaban J connectivity index is 1.64. The van der Waals surface area contributed by atoms with Gasteiger partial charge in [-0.2, -0.15) is 0 Å². The third-order valence-electron chi connectivity index (χ3n) is 4.63. The molecule has 26 heavy (non-hydrogen) atoms. The second kappa shape index (κ2) is 6.93. The van der Waals surface area contributed by atoms with Crippen molar-refractivity contribution in [3.05, 3.63) is 45.5 Å². The molecule has 1 aromatic carbocycles. The van der Waals surface area contributed by atoms with E-state index in [1.54, 1.807) is 18.2 Å². The summed E-state index contributed by atoms with van der Waals surface area (Å²) in [7, 11) is 0. The highest BCUT2D eigenvalue weighted by Gasteiger charge is 2.30. The average molecular weight is 393 g/mol. The first kappa shape index (κ1) is 17.4. The van der Waals surface area contributed by atoms with Crippen molar-refractivity contribution in [2.24, 2.45) is 0 Å². The van der Waals surface area contributed by atoms with Crippen molar-refractivity contribution >= 4 is 40.7 Å². The van der Waals surface area contributed by atoms with Gasteiger partial charge in [0.25, 0.3) is 11.8 Å². The summed E-state index contributed by atoms with van der Waals surface area (Å²) in [5, 5.41) is 6.57. The van der Waals surface area contributed by atoms with Crippen LogP contribution in [-0.4, -0.2) is 27.4 Å². The molecule has 2 N–H and O–H groups in total. The average Bonchev–Trinajstić information content (AvgIpc) is 3.34. The van der Waals surface area contributed by atoms with Gasteiger partial charge in [-0.25, -0.2) is 4.98 Å². The first-order chi connectivity index (χ1) is 12.5. The minimum Gasteiger partial charge on any atom is -0.347 e. The zero-order valence-corrected chi connectivity index (χ0v) is 15.5. The highest BCUT2D eigenvalue weighted by atomic mass is 35.5. The Morgan fingerprint density at radius 1 is 1.15 bits per heavy atom. The number of carbonyl (C=O) groups excluding carboxylic acids is 2. The van der Waals surface area contributed by atoms with E-state index in [1.165, 1.54) is 0 Å². The lowest BCUT2D eigenvalue weighted by molar-refractivity contribution is 0.0935. The Kier molecular flexibility index (Phi) is 4.63. The fourth-order valence-corrected chi connectivity index (χ4v) is 3.49. The second-order valence-corrected chi connectivity index (χ2v) is 7.51. The van der Waals surface area contributed by atoms with Crippen molar-refractivity contribution < 1.29 is 9.59 Å². The van der Waals surface area contributed by atoms with Crippen LogP contribution in [0.4, 0.5) is 5.69 Å². The summed E-state index contributed by atoms with van der Waals surface area (Å²) < 4.78 is 1.87. The van der Waals surface area contributed by atoms with Crippen molar-refractivity contribution in [1.82, 2.24) is 14.9 Å². The molecule has 2 amide bonds. The molecule has 0 bridgehead atoms. The number of hydrogen-bond donors (Lipinski definition) is 2. The van der Waals surface area contributed by atoms with E-state index in [0.29, 0.717) is 28.1 Å². The SMILES string of the molecule is O=C(Nc1cc(Cl)ccc1Cl)c1nc(C(=O)NC2CC2)n2c1CCCC2. The largest absolute Gasteiger partial charge is 0.347 e.